The third kappa shape index (κ3) is 2.26. The van der Waals surface area contributed by atoms with Crippen LogP contribution in [0.5, 0.6) is 0 Å². The number of hydrogen-bond acceptors (Lipinski definition) is 1. The number of hydrogen-bond donors (Lipinski definition) is 1. The highest BCUT2D eigenvalue weighted by Crippen LogP contribution is 2.47. The molecule has 0 aromatic heterocycles. The minimum Gasteiger partial charge on any atom is -0.355 e. The van der Waals surface area contributed by atoms with E-state index in [0.29, 0.717) is 0 Å². The first-order chi connectivity index (χ1) is 7.64. The smallest absolute Gasteiger partial charge is 0.222 e. The third-order valence-corrected chi connectivity index (χ3v) is 3.37. The van der Waals surface area contributed by atoms with Crippen molar-refractivity contribution < 1.29 is 4.79 Å². The van der Waals surface area contributed by atoms with E-state index >= 15 is 0 Å². The maximum atomic E-state index is 11.5. The summed E-state index contributed by atoms with van der Waals surface area (Å²) in [5.74, 6) is 0.230. The van der Waals surface area contributed by atoms with Gasteiger partial charge in [0.25, 0.3) is 0 Å². The monoisotopic (exact) mass is 217 g/mol. The first kappa shape index (κ1) is 11.2. The van der Waals surface area contributed by atoms with Gasteiger partial charge in [-0.3, -0.25) is 4.79 Å². The van der Waals surface area contributed by atoms with Crippen LogP contribution in [0.2, 0.25) is 0 Å². The lowest BCUT2D eigenvalue weighted by Crippen LogP contribution is -2.34. The molecule has 0 heterocycles. The van der Waals surface area contributed by atoms with Crippen LogP contribution in [0, 0.1) is 5.92 Å². The van der Waals surface area contributed by atoms with Gasteiger partial charge in [-0.1, -0.05) is 44.2 Å². The molecule has 1 saturated carbocycles. The summed E-state index contributed by atoms with van der Waals surface area (Å²) in [5.41, 5.74) is 1.59. The van der Waals surface area contributed by atoms with E-state index in [1.165, 1.54) is 18.4 Å². The molecular formula is C14H19NO. The SMILES string of the molecule is CC(C)C(=O)NCC1(c2ccccc2)CC1. The van der Waals surface area contributed by atoms with Crippen molar-refractivity contribution in [1.82, 2.24) is 5.32 Å². The van der Waals surface area contributed by atoms with Crippen LogP contribution in [0.15, 0.2) is 30.3 Å². The average Bonchev–Trinajstić information content (AvgIpc) is 3.08. The first-order valence-corrected chi connectivity index (χ1v) is 5.97. The van der Waals surface area contributed by atoms with Gasteiger partial charge in [-0.25, -0.2) is 0 Å². The van der Waals surface area contributed by atoms with Crippen molar-refractivity contribution >= 4 is 5.91 Å². The summed E-state index contributed by atoms with van der Waals surface area (Å²) in [7, 11) is 0. The Hall–Kier alpha value is -1.31. The van der Waals surface area contributed by atoms with Gasteiger partial charge in [-0.2, -0.15) is 0 Å². The van der Waals surface area contributed by atoms with Crippen LogP contribution in [0.25, 0.3) is 0 Å². The molecule has 16 heavy (non-hydrogen) atoms. The molecule has 0 bridgehead atoms. The zero-order valence-corrected chi connectivity index (χ0v) is 9.99. The molecule has 2 nitrogen and oxygen atoms in total. The highest BCUT2D eigenvalue weighted by atomic mass is 16.1. The van der Waals surface area contributed by atoms with Gasteiger partial charge in [0, 0.05) is 17.9 Å². The Balaban J connectivity index is 1.97. The Morgan fingerprint density at radius 2 is 1.94 bits per heavy atom. The van der Waals surface area contributed by atoms with Gasteiger partial charge < -0.3 is 5.32 Å². The van der Waals surface area contributed by atoms with Gasteiger partial charge >= 0.3 is 0 Å². The van der Waals surface area contributed by atoms with Gasteiger partial charge in [0.1, 0.15) is 0 Å². The molecule has 1 amide bonds. The number of carbonyl (C=O) groups is 1. The molecule has 0 aliphatic heterocycles. The third-order valence-electron chi connectivity index (χ3n) is 3.37. The molecule has 86 valence electrons. The van der Waals surface area contributed by atoms with Gasteiger partial charge in [0.05, 0.1) is 0 Å². The molecule has 1 fully saturated rings. The van der Waals surface area contributed by atoms with E-state index in [1.54, 1.807) is 0 Å². The summed E-state index contributed by atoms with van der Waals surface area (Å²) < 4.78 is 0. The highest BCUT2D eigenvalue weighted by molar-refractivity contribution is 5.78. The topological polar surface area (TPSA) is 29.1 Å². The molecule has 0 saturated heterocycles. The van der Waals surface area contributed by atoms with Crippen molar-refractivity contribution in [2.24, 2.45) is 5.92 Å². The fraction of sp³-hybridized carbons (Fsp3) is 0.500. The van der Waals surface area contributed by atoms with Crippen molar-refractivity contribution in [2.45, 2.75) is 32.1 Å². The molecule has 1 N–H and O–H groups in total. The molecule has 1 aromatic rings. The molecule has 2 rings (SSSR count). The zero-order chi connectivity index (χ0) is 11.6. The molecule has 2 heteroatoms. The van der Waals surface area contributed by atoms with Crippen molar-refractivity contribution in [1.29, 1.82) is 0 Å². The lowest BCUT2D eigenvalue weighted by molar-refractivity contribution is -0.124. The zero-order valence-electron chi connectivity index (χ0n) is 9.99. The van der Waals surface area contributed by atoms with Gasteiger partial charge in [-0.05, 0) is 18.4 Å². The van der Waals surface area contributed by atoms with E-state index < -0.39 is 0 Å². The van der Waals surface area contributed by atoms with Gasteiger partial charge in [-0.15, -0.1) is 0 Å². The number of amides is 1. The minimum absolute atomic E-state index is 0.0755. The summed E-state index contributed by atoms with van der Waals surface area (Å²) >= 11 is 0. The van der Waals surface area contributed by atoms with E-state index in [-0.39, 0.29) is 17.2 Å². The quantitative estimate of drug-likeness (QED) is 0.825. The second-order valence-electron chi connectivity index (χ2n) is 5.02. The van der Waals surface area contributed by atoms with Crippen LogP contribution in [0.4, 0.5) is 0 Å². The lowest BCUT2D eigenvalue weighted by atomic mass is 9.96. The molecular weight excluding hydrogens is 198 g/mol. The van der Waals surface area contributed by atoms with Gasteiger partial charge in [0.15, 0.2) is 0 Å². The summed E-state index contributed by atoms with van der Waals surface area (Å²) in [6.07, 6.45) is 2.38. The Morgan fingerprint density at radius 1 is 1.31 bits per heavy atom. The normalized spacial score (nSPS) is 17.2. The lowest BCUT2D eigenvalue weighted by Gasteiger charge is -2.17. The first-order valence-electron chi connectivity index (χ1n) is 5.97. The van der Waals surface area contributed by atoms with Crippen molar-refractivity contribution in [3.05, 3.63) is 35.9 Å². The average molecular weight is 217 g/mol. The molecule has 0 atom stereocenters. The summed E-state index contributed by atoms with van der Waals surface area (Å²) in [4.78, 5) is 11.5. The number of carbonyl (C=O) groups excluding carboxylic acids is 1. The summed E-state index contributed by atoms with van der Waals surface area (Å²) in [5, 5.41) is 3.04. The van der Waals surface area contributed by atoms with Gasteiger partial charge in [0.2, 0.25) is 5.91 Å². The Bertz CT molecular complexity index is 366. The predicted octanol–water partition coefficient (Wildman–Crippen LogP) is 2.49. The molecule has 0 spiro atoms. The fourth-order valence-corrected chi connectivity index (χ4v) is 1.97. The summed E-state index contributed by atoms with van der Waals surface area (Å²) in [6, 6.07) is 10.5. The van der Waals surface area contributed by atoms with Crippen molar-refractivity contribution in [3.8, 4) is 0 Å². The van der Waals surface area contributed by atoms with E-state index in [1.807, 2.05) is 19.9 Å². The highest BCUT2D eigenvalue weighted by Gasteiger charge is 2.44. The van der Waals surface area contributed by atoms with Crippen LogP contribution >= 0.6 is 0 Å². The van der Waals surface area contributed by atoms with Crippen molar-refractivity contribution in [3.63, 3.8) is 0 Å². The standard InChI is InChI=1S/C14H19NO/c1-11(2)13(16)15-10-14(8-9-14)12-6-4-3-5-7-12/h3-7,11H,8-10H2,1-2H3,(H,15,16). The van der Waals surface area contributed by atoms with Crippen LogP contribution in [0.1, 0.15) is 32.3 Å². The maximum absolute atomic E-state index is 11.5. The van der Waals surface area contributed by atoms with Crippen LogP contribution in [-0.2, 0) is 10.2 Å². The molecule has 1 aliphatic carbocycles. The maximum Gasteiger partial charge on any atom is 0.222 e. The van der Waals surface area contributed by atoms with Crippen LogP contribution < -0.4 is 5.32 Å². The van der Waals surface area contributed by atoms with E-state index in [4.69, 9.17) is 0 Å². The largest absolute Gasteiger partial charge is 0.355 e. The van der Waals surface area contributed by atoms with Crippen LogP contribution in [0.3, 0.4) is 0 Å². The Morgan fingerprint density at radius 3 is 2.44 bits per heavy atom. The summed E-state index contributed by atoms with van der Waals surface area (Å²) in [6.45, 7) is 4.64. The van der Waals surface area contributed by atoms with E-state index in [9.17, 15) is 4.79 Å². The Kier molecular flexibility index (Phi) is 2.99. The predicted molar refractivity (Wildman–Crippen MR) is 65.2 cm³/mol. The minimum atomic E-state index is 0.0755. The van der Waals surface area contributed by atoms with Crippen LogP contribution in [-0.4, -0.2) is 12.5 Å². The number of nitrogens with one attached hydrogen (secondary N) is 1. The fourth-order valence-electron chi connectivity index (χ4n) is 1.97. The molecule has 1 aromatic carbocycles. The second-order valence-corrected chi connectivity index (χ2v) is 5.02. The molecule has 0 radical (unpaired) electrons. The van der Waals surface area contributed by atoms with Crippen molar-refractivity contribution in [2.75, 3.05) is 6.54 Å². The Labute approximate surface area is 97.1 Å². The number of benzene rings is 1. The molecule has 0 unspecified atom stereocenters. The second kappa shape index (κ2) is 4.28. The van der Waals surface area contributed by atoms with E-state index in [0.717, 1.165) is 6.54 Å². The van der Waals surface area contributed by atoms with E-state index in [2.05, 4.69) is 29.6 Å². The number of rotatable bonds is 4. The molecule has 1 aliphatic rings.